The summed E-state index contributed by atoms with van der Waals surface area (Å²) in [5, 5.41) is 3.20. The fourth-order valence-corrected chi connectivity index (χ4v) is 3.72. The molecular formula is C9H20N2O2S. The minimum absolute atomic E-state index is 0.177. The zero-order chi connectivity index (χ0) is 10.6. The topological polar surface area (TPSA) is 49.4 Å². The average Bonchev–Trinajstić information content (AvgIpc) is 2.57. The summed E-state index contributed by atoms with van der Waals surface area (Å²) in [6.07, 6.45) is 1.63. The Morgan fingerprint density at radius 2 is 2.14 bits per heavy atom. The summed E-state index contributed by atoms with van der Waals surface area (Å²) in [7, 11) is -3.01. The van der Waals surface area contributed by atoms with Gasteiger partial charge < -0.3 is 5.32 Å². The largest absolute Gasteiger partial charge is 0.315 e. The van der Waals surface area contributed by atoms with E-state index in [-0.39, 0.29) is 11.8 Å². The van der Waals surface area contributed by atoms with Gasteiger partial charge in [-0.05, 0) is 19.4 Å². The number of nitrogens with one attached hydrogen (secondary N) is 1. The Bertz CT molecular complexity index is 258. The number of nitrogens with zero attached hydrogens (tertiary/aromatic N) is 1. The van der Waals surface area contributed by atoms with Gasteiger partial charge in [0.15, 0.2) is 0 Å². The highest BCUT2D eigenvalue weighted by atomic mass is 32.2. The zero-order valence-electron chi connectivity index (χ0n) is 8.99. The Hall–Kier alpha value is -0.130. The molecule has 14 heavy (non-hydrogen) atoms. The van der Waals surface area contributed by atoms with Gasteiger partial charge in [0.1, 0.15) is 0 Å². The second kappa shape index (κ2) is 5.09. The van der Waals surface area contributed by atoms with Crippen LogP contribution in [-0.2, 0) is 10.0 Å². The third kappa shape index (κ3) is 2.68. The van der Waals surface area contributed by atoms with Crippen LogP contribution in [0.25, 0.3) is 0 Å². The molecule has 1 aliphatic heterocycles. The van der Waals surface area contributed by atoms with E-state index >= 15 is 0 Å². The molecule has 1 rings (SSSR count). The minimum Gasteiger partial charge on any atom is -0.315 e. The van der Waals surface area contributed by atoms with Crippen molar-refractivity contribution in [3.63, 3.8) is 0 Å². The van der Waals surface area contributed by atoms with E-state index in [1.165, 1.54) is 0 Å². The van der Waals surface area contributed by atoms with Gasteiger partial charge in [0, 0.05) is 19.1 Å². The van der Waals surface area contributed by atoms with Crippen LogP contribution in [0.3, 0.4) is 0 Å². The predicted octanol–water partition coefficient (Wildman–Crippen LogP) is 0.410. The lowest BCUT2D eigenvalue weighted by atomic mass is 10.3. The van der Waals surface area contributed by atoms with Gasteiger partial charge in [-0.1, -0.05) is 13.8 Å². The van der Waals surface area contributed by atoms with Gasteiger partial charge in [0.25, 0.3) is 0 Å². The van der Waals surface area contributed by atoms with Crippen LogP contribution in [0.15, 0.2) is 0 Å². The first-order valence-electron chi connectivity index (χ1n) is 5.32. The summed E-state index contributed by atoms with van der Waals surface area (Å²) in [4.78, 5) is 0. The van der Waals surface area contributed by atoms with Crippen LogP contribution in [0.4, 0.5) is 0 Å². The predicted molar refractivity (Wildman–Crippen MR) is 57.7 cm³/mol. The van der Waals surface area contributed by atoms with Crippen LogP contribution in [-0.4, -0.2) is 44.2 Å². The second-order valence-corrected chi connectivity index (χ2v) is 5.71. The molecule has 1 aliphatic rings. The van der Waals surface area contributed by atoms with Gasteiger partial charge in [-0.25, -0.2) is 8.42 Å². The molecular weight excluding hydrogens is 200 g/mol. The number of sulfonamides is 1. The lowest BCUT2D eigenvalue weighted by Crippen LogP contribution is -2.42. The van der Waals surface area contributed by atoms with Crippen molar-refractivity contribution in [1.29, 1.82) is 0 Å². The Kier molecular flexibility index (Phi) is 4.34. The van der Waals surface area contributed by atoms with Crippen LogP contribution >= 0.6 is 0 Å². The quantitative estimate of drug-likeness (QED) is 0.730. The molecule has 0 aromatic heterocycles. The van der Waals surface area contributed by atoms with Crippen molar-refractivity contribution in [3.05, 3.63) is 0 Å². The van der Waals surface area contributed by atoms with E-state index < -0.39 is 10.0 Å². The van der Waals surface area contributed by atoms with Crippen LogP contribution in [0, 0.1) is 0 Å². The van der Waals surface area contributed by atoms with Gasteiger partial charge in [-0.2, -0.15) is 4.31 Å². The Balaban J connectivity index is 2.69. The van der Waals surface area contributed by atoms with E-state index in [1.54, 1.807) is 4.31 Å². The van der Waals surface area contributed by atoms with Crippen molar-refractivity contribution >= 4 is 10.0 Å². The average molecular weight is 220 g/mol. The maximum absolute atomic E-state index is 11.8. The molecule has 1 fully saturated rings. The van der Waals surface area contributed by atoms with Gasteiger partial charge in [-0.3, -0.25) is 0 Å². The van der Waals surface area contributed by atoms with Gasteiger partial charge in [0.05, 0.1) is 5.75 Å². The summed E-state index contributed by atoms with van der Waals surface area (Å²) in [6, 6.07) is 0.177. The summed E-state index contributed by atoms with van der Waals surface area (Å²) in [6.45, 7) is 6.14. The van der Waals surface area contributed by atoms with Crippen LogP contribution in [0.2, 0.25) is 0 Å². The smallest absolute Gasteiger partial charge is 0.214 e. The third-order valence-corrected chi connectivity index (χ3v) is 4.77. The fourth-order valence-electron chi connectivity index (χ4n) is 1.94. The molecule has 4 nitrogen and oxygen atoms in total. The Labute approximate surface area is 86.7 Å². The maximum atomic E-state index is 11.8. The zero-order valence-corrected chi connectivity index (χ0v) is 9.81. The van der Waals surface area contributed by atoms with E-state index in [1.807, 2.05) is 13.8 Å². The summed E-state index contributed by atoms with van der Waals surface area (Å²) >= 11 is 0. The number of hydrogen-bond acceptors (Lipinski definition) is 3. The van der Waals surface area contributed by atoms with E-state index in [9.17, 15) is 8.42 Å². The lowest BCUT2D eigenvalue weighted by molar-refractivity contribution is 0.348. The highest BCUT2D eigenvalue weighted by Gasteiger charge is 2.29. The molecule has 0 aromatic carbocycles. The number of rotatable bonds is 5. The number of hydrogen-bond donors (Lipinski definition) is 1. The van der Waals surface area contributed by atoms with Crippen LogP contribution in [0.5, 0.6) is 0 Å². The van der Waals surface area contributed by atoms with E-state index in [0.717, 1.165) is 19.5 Å². The molecule has 1 atom stereocenters. The van der Waals surface area contributed by atoms with Crippen LogP contribution in [0.1, 0.15) is 26.7 Å². The van der Waals surface area contributed by atoms with Crippen molar-refractivity contribution in [2.24, 2.45) is 0 Å². The molecule has 1 saturated heterocycles. The van der Waals surface area contributed by atoms with E-state index in [4.69, 9.17) is 0 Å². The first-order chi connectivity index (χ1) is 6.61. The first kappa shape index (κ1) is 11.9. The normalized spacial score (nSPS) is 23.2. The minimum atomic E-state index is -3.01. The fraction of sp³-hybridized carbons (Fsp3) is 1.00. The molecule has 1 N–H and O–H groups in total. The molecule has 84 valence electrons. The third-order valence-electron chi connectivity index (χ3n) is 2.57. The van der Waals surface area contributed by atoms with Gasteiger partial charge >= 0.3 is 0 Å². The highest BCUT2D eigenvalue weighted by molar-refractivity contribution is 7.89. The SMILES string of the molecule is CCCS(=O)(=O)N(CC)C1CCNC1. The molecule has 0 bridgehead atoms. The Morgan fingerprint density at radius 3 is 2.57 bits per heavy atom. The van der Waals surface area contributed by atoms with E-state index in [0.29, 0.717) is 13.0 Å². The van der Waals surface area contributed by atoms with Crippen molar-refractivity contribution in [2.75, 3.05) is 25.4 Å². The number of likely N-dealkylation sites (N-methyl/N-ethyl adjacent to an activating group) is 1. The van der Waals surface area contributed by atoms with E-state index in [2.05, 4.69) is 5.32 Å². The molecule has 1 heterocycles. The van der Waals surface area contributed by atoms with Crippen molar-refractivity contribution in [2.45, 2.75) is 32.7 Å². The summed E-state index contributed by atoms with van der Waals surface area (Å²) in [5.41, 5.74) is 0. The van der Waals surface area contributed by atoms with Crippen molar-refractivity contribution in [1.82, 2.24) is 9.62 Å². The molecule has 0 radical (unpaired) electrons. The molecule has 0 saturated carbocycles. The highest BCUT2D eigenvalue weighted by Crippen LogP contribution is 2.14. The van der Waals surface area contributed by atoms with Gasteiger partial charge in [0.2, 0.25) is 10.0 Å². The van der Waals surface area contributed by atoms with Crippen molar-refractivity contribution in [3.8, 4) is 0 Å². The maximum Gasteiger partial charge on any atom is 0.214 e. The molecule has 0 spiro atoms. The molecule has 1 unspecified atom stereocenters. The Morgan fingerprint density at radius 1 is 1.43 bits per heavy atom. The molecule has 0 amide bonds. The summed E-state index contributed by atoms with van der Waals surface area (Å²) in [5.74, 6) is 0.275. The summed E-state index contributed by atoms with van der Waals surface area (Å²) < 4.78 is 25.3. The van der Waals surface area contributed by atoms with Crippen molar-refractivity contribution < 1.29 is 8.42 Å². The monoisotopic (exact) mass is 220 g/mol. The molecule has 0 aromatic rings. The second-order valence-electron chi connectivity index (χ2n) is 3.67. The van der Waals surface area contributed by atoms with Crippen LogP contribution < -0.4 is 5.32 Å². The van der Waals surface area contributed by atoms with Gasteiger partial charge in [-0.15, -0.1) is 0 Å². The standard InChI is InChI=1S/C9H20N2O2S/c1-3-7-14(12,13)11(4-2)9-5-6-10-8-9/h9-10H,3-8H2,1-2H3. The molecule has 0 aliphatic carbocycles. The lowest BCUT2D eigenvalue weighted by Gasteiger charge is -2.25. The molecule has 5 heteroatoms. The first-order valence-corrected chi connectivity index (χ1v) is 6.93.